The molecule has 0 radical (unpaired) electrons. The van der Waals surface area contributed by atoms with E-state index in [1.165, 1.54) is 24.3 Å². The first-order valence-corrected chi connectivity index (χ1v) is 9.85. The van der Waals surface area contributed by atoms with Gasteiger partial charge in [-0.15, -0.1) is 0 Å². The lowest BCUT2D eigenvalue weighted by atomic mass is 10.1. The maximum atomic E-state index is 13.1. The number of nitrogens with one attached hydrogen (secondary N) is 1. The molecule has 0 spiro atoms. The summed E-state index contributed by atoms with van der Waals surface area (Å²) in [5, 5.41) is 3.83. The molecular weight excluding hydrogens is 421 g/mol. The molecule has 3 aromatic carbocycles. The number of carbonyl (C=O) groups is 2. The highest BCUT2D eigenvalue weighted by molar-refractivity contribution is 6.30. The number of ether oxygens (including phenoxy) is 1. The number of halogens is 2. The van der Waals surface area contributed by atoms with E-state index in [4.69, 9.17) is 20.8 Å². The highest BCUT2D eigenvalue weighted by Crippen LogP contribution is 2.33. The normalized spacial score (nSPS) is 11.8. The second-order valence-electron chi connectivity index (χ2n) is 6.84. The maximum Gasteiger partial charge on any atom is 0.265 e. The number of hydrogen-bond acceptors (Lipinski definition) is 4. The SMILES string of the molecule is C[C@@H](Oc1ccc(F)cc1)C(=O)Nc1c(C(=O)c2ccc(Cl)cc2)oc2ccccc12. The summed E-state index contributed by atoms with van der Waals surface area (Å²) in [4.78, 5) is 25.9. The van der Waals surface area contributed by atoms with Gasteiger partial charge >= 0.3 is 0 Å². The third-order valence-corrected chi connectivity index (χ3v) is 4.90. The molecule has 1 heterocycles. The molecule has 0 saturated heterocycles. The molecule has 1 N–H and O–H groups in total. The zero-order valence-electron chi connectivity index (χ0n) is 16.4. The average Bonchev–Trinajstić information content (AvgIpc) is 3.13. The number of ketones is 1. The summed E-state index contributed by atoms with van der Waals surface area (Å²) in [7, 11) is 0. The van der Waals surface area contributed by atoms with Gasteiger partial charge in [-0.1, -0.05) is 23.7 Å². The monoisotopic (exact) mass is 437 g/mol. The quantitative estimate of drug-likeness (QED) is 0.383. The Morgan fingerprint density at radius 2 is 1.68 bits per heavy atom. The van der Waals surface area contributed by atoms with Crippen LogP contribution in [-0.2, 0) is 4.79 Å². The molecule has 0 aliphatic carbocycles. The molecule has 4 aromatic rings. The van der Waals surface area contributed by atoms with Crippen LogP contribution in [0.5, 0.6) is 5.75 Å². The zero-order valence-corrected chi connectivity index (χ0v) is 17.2. The van der Waals surface area contributed by atoms with Crippen LogP contribution in [0, 0.1) is 5.82 Å². The summed E-state index contributed by atoms with van der Waals surface area (Å²) < 4.78 is 24.4. The highest BCUT2D eigenvalue weighted by atomic mass is 35.5. The van der Waals surface area contributed by atoms with Crippen molar-refractivity contribution in [3.05, 3.63) is 95.0 Å². The minimum Gasteiger partial charge on any atom is -0.481 e. The summed E-state index contributed by atoms with van der Waals surface area (Å²) >= 11 is 5.91. The third-order valence-electron chi connectivity index (χ3n) is 4.65. The molecule has 7 heteroatoms. The number of anilines is 1. The van der Waals surface area contributed by atoms with Crippen molar-refractivity contribution in [2.45, 2.75) is 13.0 Å². The standard InChI is InChI=1S/C24H17ClFNO4/c1-14(30-18-12-10-17(26)11-13-18)24(29)27-21-19-4-2-3-5-20(19)31-23(21)22(28)15-6-8-16(25)9-7-15/h2-14H,1H3,(H,27,29)/t14-/m1/s1. The van der Waals surface area contributed by atoms with Crippen molar-refractivity contribution >= 4 is 39.9 Å². The van der Waals surface area contributed by atoms with Crippen LogP contribution in [0.1, 0.15) is 23.0 Å². The average molecular weight is 438 g/mol. The molecule has 0 aliphatic rings. The molecule has 4 rings (SSSR count). The van der Waals surface area contributed by atoms with Crippen LogP contribution in [0.15, 0.2) is 77.2 Å². The molecule has 1 aromatic heterocycles. The second-order valence-corrected chi connectivity index (χ2v) is 7.28. The first kappa shape index (κ1) is 20.6. The van der Waals surface area contributed by atoms with Crippen LogP contribution in [0.3, 0.4) is 0 Å². The molecule has 1 atom stereocenters. The van der Waals surface area contributed by atoms with Gasteiger partial charge in [-0.3, -0.25) is 9.59 Å². The van der Waals surface area contributed by atoms with Crippen molar-refractivity contribution < 1.29 is 23.1 Å². The summed E-state index contributed by atoms with van der Waals surface area (Å²) in [5.41, 5.74) is 1.09. The Hall–Kier alpha value is -3.64. The molecule has 0 unspecified atom stereocenters. The summed E-state index contributed by atoms with van der Waals surface area (Å²) in [6, 6.07) is 18.7. The van der Waals surface area contributed by atoms with E-state index in [0.29, 0.717) is 27.3 Å². The van der Waals surface area contributed by atoms with Gasteiger partial charge in [0, 0.05) is 16.0 Å². The van der Waals surface area contributed by atoms with Crippen LogP contribution in [0.25, 0.3) is 11.0 Å². The van der Waals surface area contributed by atoms with E-state index >= 15 is 0 Å². The van der Waals surface area contributed by atoms with E-state index in [1.807, 2.05) is 0 Å². The van der Waals surface area contributed by atoms with Crippen molar-refractivity contribution in [3.63, 3.8) is 0 Å². The fraction of sp³-hybridized carbons (Fsp3) is 0.0833. The Labute approximate surface area is 182 Å². The fourth-order valence-electron chi connectivity index (χ4n) is 3.06. The number of amides is 1. The Balaban J connectivity index is 1.63. The van der Waals surface area contributed by atoms with E-state index in [-0.39, 0.29) is 11.4 Å². The molecular formula is C24H17ClFNO4. The summed E-state index contributed by atoms with van der Waals surface area (Å²) in [6.07, 6.45) is -0.905. The van der Waals surface area contributed by atoms with Crippen LogP contribution in [-0.4, -0.2) is 17.8 Å². The highest BCUT2D eigenvalue weighted by Gasteiger charge is 2.25. The van der Waals surface area contributed by atoms with E-state index in [1.54, 1.807) is 55.5 Å². The Morgan fingerprint density at radius 1 is 1.00 bits per heavy atom. The van der Waals surface area contributed by atoms with Gasteiger partial charge < -0.3 is 14.5 Å². The Kier molecular flexibility index (Phi) is 5.73. The largest absolute Gasteiger partial charge is 0.481 e. The van der Waals surface area contributed by atoms with Crippen molar-refractivity contribution in [2.75, 3.05) is 5.32 Å². The van der Waals surface area contributed by atoms with Gasteiger partial charge in [-0.05, 0) is 67.6 Å². The van der Waals surface area contributed by atoms with Crippen LogP contribution >= 0.6 is 11.6 Å². The number of para-hydroxylation sites is 1. The number of rotatable bonds is 6. The van der Waals surface area contributed by atoms with Gasteiger partial charge in [0.05, 0.1) is 5.69 Å². The third kappa shape index (κ3) is 4.44. The summed E-state index contributed by atoms with van der Waals surface area (Å²) in [5.74, 6) is -0.930. The van der Waals surface area contributed by atoms with Gasteiger partial charge in [0.1, 0.15) is 17.1 Å². The van der Waals surface area contributed by atoms with E-state index < -0.39 is 23.6 Å². The topological polar surface area (TPSA) is 68.5 Å². The first-order valence-electron chi connectivity index (χ1n) is 9.47. The predicted molar refractivity (Wildman–Crippen MR) is 116 cm³/mol. The smallest absolute Gasteiger partial charge is 0.265 e. The van der Waals surface area contributed by atoms with Crippen LogP contribution in [0.4, 0.5) is 10.1 Å². The molecule has 0 saturated carbocycles. The molecule has 0 bridgehead atoms. The van der Waals surface area contributed by atoms with Gasteiger partial charge in [-0.25, -0.2) is 4.39 Å². The van der Waals surface area contributed by atoms with Crippen LogP contribution < -0.4 is 10.1 Å². The lowest BCUT2D eigenvalue weighted by molar-refractivity contribution is -0.122. The lowest BCUT2D eigenvalue weighted by Crippen LogP contribution is -2.30. The van der Waals surface area contributed by atoms with Crippen LogP contribution in [0.2, 0.25) is 5.02 Å². The molecule has 156 valence electrons. The van der Waals surface area contributed by atoms with E-state index in [2.05, 4.69) is 5.32 Å². The van der Waals surface area contributed by atoms with Gasteiger partial charge in [0.25, 0.3) is 5.91 Å². The number of benzene rings is 3. The number of carbonyl (C=O) groups excluding carboxylic acids is 2. The minimum atomic E-state index is -0.905. The maximum absolute atomic E-state index is 13.1. The molecule has 0 aliphatic heterocycles. The van der Waals surface area contributed by atoms with Crippen molar-refractivity contribution in [1.29, 1.82) is 0 Å². The van der Waals surface area contributed by atoms with Crippen molar-refractivity contribution in [2.24, 2.45) is 0 Å². The van der Waals surface area contributed by atoms with Crippen molar-refractivity contribution in [1.82, 2.24) is 0 Å². The predicted octanol–water partition coefficient (Wildman–Crippen LogP) is 5.86. The number of fused-ring (bicyclic) bond motifs is 1. The molecule has 1 amide bonds. The first-order chi connectivity index (χ1) is 14.9. The van der Waals surface area contributed by atoms with Gasteiger partial charge in [0.15, 0.2) is 11.9 Å². The molecule has 31 heavy (non-hydrogen) atoms. The zero-order chi connectivity index (χ0) is 22.0. The van der Waals surface area contributed by atoms with E-state index in [0.717, 1.165) is 0 Å². The minimum absolute atomic E-state index is 0.00542. The molecule has 0 fully saturated rings. The summed E-state index contributed by atoms with van der Waals surface area (Å²) in [6.45, 7) is 1.56. The van der Waals surface area contributed by atoms with Gasteiger partial charge in [0.2, 0.25) is 5.78 Å². The van der Waals surface area contributed by atoms with Crippen molar-refractivity contribution in [3.8, 4) is 5.75 Å². The molecule has 5 nitrogen and oxygen atoms in total. The number of hydrogen-bond donors (Lipinski definition) is 1. The Bertz CT molecular complexity index is 1250. The fourth-order valence-corrected chi connectivity index (χ4v) is 3.18. The van der Waals surface area contributed by atoms with E-state index in [9.17, 15) is 14.0 Å². The van der Waals surface area contributed by atoms with Gasteiger partial charge in [-0.2, -0.15) is 0 Å². The second kappa shape index (κ2) is 8.62. The lowest BCUT2D eigenvalue weighted by Gasteiger charge is -2.15. The Morgan fingerprint density at radius 3 is 2.39 bits per heavy atom. The number of furan rings is 1.